The van der Waals surface area contributed by atoms with Crippen molar-refractivity contribution in [1.82, 2.24) is 0 Å². The van der Waals surface area contributed by atoms with Gasteiger partial charge >= 0.3 is 0 Å². The van der Waals surface area contributed by atoms with Gasteiger partial charge in [0.1, 0.15) is 5.82 Å². The van der Waals surface area contributed by atoms with Crippen LogP contribution < -0.4 is 4.90 Å². The fraction of sp³-hybridized carbons (Fsp3) is 0.571. The standard InChI is InChI=1S/C14H19FN2O2/c1-16(10-11-5-3-2-4-6-11)13-7-12(15)8-14(9-13)17(18)19/h7-9,11H,2-6,10H2,1H3. The van der Waals surface area contributed by atoms with Crippen LogP contribution in [0, 0.1) is 21.8 Å². The first-order valence-electron chi connectivity index (χ1n) is 6.72. The van der Waals surface area contributed by atoms with E-state index in [0.29, 0.717) is 11.6 Å². The Hall–Kier alpha value is -1.65. The molecule has 1 aromatic carbocycles. The van der Waals surface area contributed by atoms with E-state index < -0.39 is 10.7 Å². The minimum absolute atomic E-state index is 0.189. The van der Waals surface area contributed by atoms with Crippen LogP contribution in [0.5, 0.6) is 0 Å². The highest BCUT2D eigenvalue weighted by Crippen LogP contribution is 2.27. The molecule has 0 amide bonds. The molecule has 2 rings (SSSR count). The number of hydrogen-bond donors (Lipinski definition) is 0. The van der Waals surface area contributed by atoms with Crippen LogP contribution in [-0.4, -0.2) is 18.5 Å². The Morgan fingerprint density at radius 3 is 2.63 bits per heavy atom. The monoisotopic (exact) mass is 266 g/mol. The number of hydrogen-bond acceptors (Lipinski definition) is 3. The zero-order valence-electron chi connectivity index (χ0n) is 11.1. The van der Waals surface area contributed by atoms with Crippen LogP contribution in [-0.2, 0) is 0 Å². The van der Waals surface area contributed by atoms with Gasteiger partial charge in [-0.05, 0) is 24.8 Å². The number of nitro benzene ring substituents is 1. The minimum atomic E-state index is -0.556. The topological polar surface area (TPSA) is 46.4 Å². The van der Waals surface area contributed by atoms with Gasteiger partial charge < -0.3 is 4.90 Å². The lowest BCUT2D eigenvalue weighted by Gasteiger charge is -2.28. The molecule has 5 heteroatoms. The molecule has 0 bridgehead atoms. The number of nitro groups is 1. The second-order valence-electron chi connectivity index (χ2n) is 5.31. The lowest BCUT2D eigenvalue weighted by molar-refractivity contribution is -0.385. The van der Waals surface area contributed by atoms with Gasteiger partial charge in [0.25, 0.3) is 5.69 Å². The minimum Gasteiger partial charge on any atom is -0.374 e. The molecule has 19 heavy (non-hydrogen) atoms. The van der Waals surface area contributed by atoms with Crippen molar-refractivity contribution < 1.29 is 9.31 Å². The van der Waals surface area contributed by atoms with Gasteiger partial charge in [-0.2, -0.15) is 0 Å². The predicted octanol–water partition coefficient (Wildman–Crippen LogP) is 3.75. The summed E-state index contributed by atoms with van der Waals surface area (Å²) in [7, 11) is 1.87. The fourth-order valence-corrected chi connectivity index (χ4v) is 2.75. The van der Waals surface area contributed by atoms with Crippen LogP contribution >= 0.6 is 0 Å². The smallest absolute Gasteiger partial charge is 0.274 e. The zero-order chi connectivity index (χ0) is 13.8. The Morgan fingerprint density at radius 2 is 2.00 bits per heavy atom. The lowest BCUT2D eigenvalue weighted by atomic mass is 9.89. The maximum atomic E-state index is 13.4. The molecule has 1 aliphatic carbocycles. The summed E-state index contributed by atoms with van der Waals surface area (Å²) < 4.78 is 13.4. The van der Waals surface area contributed by atoms with E-state index in [2.05, 4.69) is 0 Å². The Labute approximate surface area is 112 Å². The molecule has 0 aromatic heterocycles. The predicted molar refractivity (Wildman–Crippen MR) is 72.9 cm³/mol. The molecule has 0 atom stereocenters. The molecule has 1 aromatic rings. The summed E-state index contributed by atoms with van der Waals surface area (Å²) in [5.74, 6) is 0.0563. The van der Waals surface area contributed by atoms with Crippen molar-refractivity contribution >= 4 is 11.4 Å². The molecule has 104 valence electrons. The molecule has 0 radical (unpaired) electrons. The van der Waals surface area contributed by atoms with Gasteiger partial charge in [-0.1, -0.05) is 19.3 Å². The van der Waals surface area contributed by atoms with Gasteiger partial charge in [0.05, 0.1) is 11.0 Å². The first kappa shape index (κ1) is 13.8. The third kappa shape index (κ3) is 3.66. The van der Waals surface area contributed by atoms with E-state index in [-0.39, 0.29) is 5.69 Å². The molecule has 1 saturated carbocycles. The highest BCUT2D eigenvalue weighted by molar-refractivity contribution is 5.53. The van der Waals surface area contributed by atoms with Crippen LogP contribution in [0.2, 0.25) is 0 Å². The quantitative estimate of drug-likeness (QED) is 0.616. The molecule has 0 spiro atoms. The van der Waals surface area contributed by atoms with Gasteiger partial charge in [-0.25, -0.2) is 4.39 Å². The first-order chi connectivity index (χ1) is 9.06. The molecule has 0 N–H and O–H groups in total. The zero-order valence-corrected chi connectivity index (χ0v) is 11.1. The van der Waals surface area contributed by atoms with Crippen LogP contribution in [0.4, 0.5) is 15.8 Å². The highest BCUT2D eigenvalue weighted by atomic mass is 19.1. The highest BCUT2D eigenvalue weighted by Gasteiger charge is 2.17. The summed E-state index contributed by atoms with van der Waals surface area (Å²) in [6, 6.07) is 3.75. The van der Waals surface area contributed by atoms with Crippen LogP contribution in [0.1, 0.15) is 32.1 Å². The van der Waals surface area contributed by atoms with Gasteiger partial charge in [-0.15, -0.1) is 0 Å². The van der Waals surface area contributed by atoms with Crippen molar-refractivity contribution in [3.63, 3.8) is 0 Å². The van der Waals surface area contributed by atoms with Crippen molar-refractivity contribution in [3.8, 4) is 0 Å². The number of non-ortho nitro benzene ring substituents is 1. The number of halogens is 1. The number of nitrogens with zero attached hydrogens (tertiary/aromatic N) is 2. The molecular formula is C14H19FN2O2. The summed E-state index contributed by atoms with van der Waals surface area (Å²) in [6.07, 6.45) is 6.19. The number of rotatable bonds is 4. The van der Waals surface area contributed by atoms with Crippen LogP contribution in [0.3, 0.4) is 0 Å². The number of benzene rings is 1. The third-order valence-electron chi connectivity index (χ3n) is 3.78. The Balaban J connectivity index is 2.09. The van der Waals surface area contributed by atoms with Crippen LogP contribution in [0.25, 0.3) is 0 Å². The van der Waals surface area contributed by atoms with E-state index in [1.54, 1.807) is 0 Å². The molecule has 4 nitrogen and oxygen atoms in total. The fourth-order valence-electron chi connectivity index (χ4n) is 2.75. The van der Waals surface area contributed by atoms with E-state index in [1.165, 1.54) is 44.2 Å². The largest absolute Gasteiger partial charge is 0.374 e. The Kier molecular flexibility index (Phi) is 4.35. The summed E-state index contributed by atoms with van der Waals surface area (Å²) >= 11 is 0. The average Bonchev–Trinajstić information content (AvgIpc) is 2.39. The van der Waals surface area contributed by atoms with Crippen molar-refractivity contribution in [2.75, 3.05) is 18.5 Å². The van der Waals surface area contributed by atoms with Gasteiger partial charge in [0, 0.05) is 25.3 Å². The first-order valence-corrected chi connectivity index (χ1v) is 6.72. The van der Waals surface area contributed by atoms with Crippen molar-refractivity contribution in [2.45, 2.75) is 32.1 Å². The average molecular weight is 266 g/mol. The van der Waals surface area contributed by atoms with E-state index in [4.69, 9.17) is 0 Å². The SMILES string of the molecule is CN(CC1CCCCC1)c1cc(F)cc([N+](=O)[O-])c1. The molecule has 0 saturated heterocycles. The van der Waals surface area contributed by atoms with Gasteiger partial charge in [-0.3, -0.25) is 10.1 Å². The van der Waals surface area contributed by atoms with E-state index >= 15 is 0 Å². The Morgan fingerprint density at radius 1 is 1.32 bits per heavy atom. The number of anilines is 1. The third-order valence-corrected chi connectivity index (χ3v) is 3.78. The molecule has 1 fully saturated rings. The summed E-state index contributed by atoms with van der Waals surface area (Å²) in [5, 5.41) is 10.7. The van der Waals surface area contributed by atoms with Gasteiger partial charge in [0.2, 0.25) is 0 Å². The molecular weight excluding hydrogens is 247 g/mol. The maximum absolute atomic E-state index is 13.4. The molecule has 1 aliphatic rings. The molecule has 0 unspecified atom stereocenters. The van der Waals surface area contributed by atoms with Crippen molar-refractivity contribution in [3.05, 3.63) is 34.1 Å². The summed E-state index contributed by atoms with van der Waals surface area (Å²) in [5.41, 5.74) is 0.391. The van der Waals surface area contributed by atoms with Gasteiger partial charge in [0.15, 0.2) is 0 Å². The second-order valence-corrected chi connectivity index (χ2v) is 5.31. The van der Waals surface area contributed by atoms with Crippen molar-refractivity contribution in [2.24, 2.45) is 5.92 Å². The lowest BCUT2D eigenvalue weighted by Crippen LogP contribution is -2.26. The summed E-state index contributed by atoms with van der Waals surface area (Å²) in [4.78, 5) is 12.1. The van der Waals surface area contributed by atoms with E-state index in [1.807, 2.05) is 11.9 Å². The summed E-state index contributed by atoms with van der Waals surface area (Å²) in [6.45, 7) is 0.834. The van der Waals surface area contributed by atoms with E-state index in [0.717, 1.165) is 12.6 Å². The second kappa shape index (κ2) is 5.99. The molecule has 0 aliphatic heterocycles. The maximum Gasteiger partial charge on any atom is 0.274 e. The normalized spacial score (nSPS) is 16.3. The van der Waals surface area contributed by atoms with Crippen molar-refractivity contribution in [1.29, 1.82) is 0 Å². The van der Waals surface area contributed by atoms with E-state index in [9.17, 15) is 14.5 Å². The molecule has 0 heterocycles. The van der Waals surface area contributed by atoms with Crippen LogP contribution in [0.15, 0.2) is 18.2 Å². The Bertz CT molecular complexity index is 459.